The van der Waals surface area contributed by atoms with E-state index in [4.69, 9.17) is 0 Å². The first kappa shape index (κ1) is 6.68. The predicted octanol–water partition coefficient (Wildman–Crippen LogP) is 2.53. The van der Waals surface area contributed by atoms with Crippen LogP contribution >= 0.6 is 11.3 Å². The van der Waals surface area contributed by atoms with E-state index in [0.717, 1.165) is 5.70 Å². The lowest BCUT2D eigenvalue weighted by molar-refractivity contribution is 1.23. The Morgan fingerprint density at radius 2 is 2.36 bits per heavy atom. The number of hydrogen-bond acceptors (Lipinski definition) is 1. The van der Waals surface area contributed by atoms with Gasteiger partial charge in [-0.3, -0.25) is 5.32 Å². The minimum absolute atomic E-state index is 1.09. The molecule has 0 amide bonds. The molecule has 1 aromatic heterocycles. The maximum atomic E-state index is 4.23. The summed E-state index contributed by atoms with van der Waals surface area (Å²) < 4.78 is 0. The fraction of sp³-hybridized carbons (Fsp3) is 0.111. The van der Waals surface area contributed by atoms with Crippen LogP contribution in [0.5, 0.6) is 0 Å². The fourth-order valence-corrected chi connectivity index (χ4v) is 1.97. The van der Waals surface area contributed by atoms with Crippen LogP contribution in [0.3, 0.4) is 0 Å². The first-order valence-corrected chi connectivity index (χ1v) is 4.38. The second-order valence-electron chi connectivity index (χ2n) is 2.46. The summed E-state index contributed by atoms with van der Waals surface area (Å²) in [4.78, 5) is 1.29. The summed E-state index contributed by atoms with van der Waals surface area (Å²) >= 11 is 1.74. The number of thiophene rings is 1. The molecule has 2 heterocycles. The predicted molar refractivity (Wildman–Crippen MR) is 48.3 cm³/mol. The molecular formula is C9H8NS. The molecule has 0 N–H and O–H groups in total. The van der Waals surface area contributed by atoms with E-state index in [1.54, 1.807) is 11.3 Å². The van der Waals surface area contributed by atoms with Crippen molar-refractivity contribution in [2.24, 2.45) is 0 Å². The summed E-state index contributed by atoms with van der Waals surface area (Å²) in [6, 6.07) is 2.12. The van der Waals surface area contributed by atoms with E-state index < -0.39 is 0 Å². The van der Waals surface area contributed by atoms with Gasteiger partial charge in [-0.15, -0.1) is 11.3 Å². The van der Waals surface area contributed by atoms with Gasteiger partial charge in [0.1, 0.15) is 0 Å². The van der Waals surface area contributed by atoms with Crippen molar-refractivity contribution in [2.75, 3.05) is 0 Å². The van der Waals surface area contributed by atoms with E-state index in [9.17, 15) is 0 Å². The minimum Gasteiger partial charge on any atom is -0.255 e. The van der Waals surface area contributed by atoms with Crippen molar-refractivity contribution in [3.63, 3.8) is 0 Å². The van der Waals surface area contributed by atoms with E-state index >= 15 is 0 Å². The molecule has 1 aromatic rings. The summed E-state index contributed by atoms with van der Waals surface area (Å²) in [6.45, 7) is 2.11. The lowest BCUT2D eigenvalue weighted by Gasteiger charge is -1.97. The highest BCUT2D eigenvalue weighted by molar-refractivity contribution is 7.11. The molecule has 2 rings (SSSR count). The molecule has 1 radical (unpaired) electrons. The number of allylic oxidation sites excluding steroid dienone is 2. The molecular weight excluding hydrogens is 154 g/mol. The molecule has 0 spiro atoms. The zero-order valence-corrected chi connectivity index (χ0v) is 7.06. The van der Waals surface area contributed by atoms with Gasteiger partial charge in [-0.05, 0) is 36.1 Å². The third kappa shape index (κ3) is 1.10. The molecule has 1 aliphatic heterocycles. The summed E-state index contributed by atoms with van der Waals surface area (Å²) in [5, 5.41) is 6.33. The molecule has 0 aliphatic carbocycles. The van der Waals surface area contributed by atoms with E-state index in [-0.39, 0.29) is 0 Å². The highest BCUT2D eigenvalue weighted by Crippen LogP contribution is 2.25. The lowest BCUT2D eigenvalue weighted by Crippen LogP contribution is -1.89. The van der Waals surface area contributed by atoms with Gasteiger partial charge in [-0.2, -0.15) is 0 Å². The van der Waals surface area contributed by atoms with E-state index in [0.29, 0.717) is 0 Å². The van der Waals surface area contributed by atoms with Crippen LogP contribution in [0, 0.1) is 6.92 Å². The Labute approximate surface area is 70.1 Å². The second kappa shape index (κ2) is 2.55. The van der Waals surface area contributed by atoms with Crippen LogP contribution in [-0.4, -0.2) is 0 Å². The normalized spacial score (nSPS) is 14.8. The van der Waals surface area contributed by atoms with Crippen molar-refractivity contribution in [1.29, 1.82) is 0 Å². The lowest BCUT2D eigenvalue weighted by atomic mass is 10.2. The summed E-state index contributed by atoms with van der Waals surface area (Å²) in [7, 11) is 0. The zero-order valence-electron chi connectivity index (χ0n) is 6.24. The van der Waals surface area contributed by atoms with Gasteiger partial charge in [0, 0.05) is 6.20 Å². The van der Waals surface area contributed by atoms with Crippen LogP contribution in [0.1, 0.15) is 10.4 Å². The first-order valence-electron chi connectivity index (χ1n) is 3.50. The third-order valence-corrected chi connectivity index (χ3v) is 2.69. The van der Waals surface area contributed by atoms with Crippen LogP contribution in [0.15, 0.2) is 29.8 Å². The Hall–Kier alpha value is -1.02. The smallest absolute Gasteiger partial charge is 0.0804 e. The van der Waals surface area contributed by atoms with Gasteiger partial charge in [0.2, 0.25) is 0 Å². The maximum Gasteiger partial charge on any atom is 0.0804 e. The highest BCUT2D eigenvalue weighted by atomic mass is 32.1. The van der Waals surface area contributed by atoms with Gasteiger partial charge in [-0.1, -0.05) is 0 Å². The van der Waals surface area contributed by atoms with Gasteiger partial charge in [0.05, 0.1) is 10.6 Å². The van der Waals surface area contributed by atoms with Crippen LogP contribution in [0.25, 0.3) is 5.70 Å². The van der Waals surface area contributed by atoms with Crippen LogP contribution < -0.4 is 5.32 Å². The van der Waals surface area contributed by atoms with Gasteiger partial charge >= 0.3 is 0 Å². The molecule has 0 bridgehead atoms. The first-order chi connectivity index (χ1) is 5.38. The molecule has 2 heteroatoms. The van der Waals surface area contributed by atoms with Crippen LogP contribution in [-0.2, 0) is 0 Å². The van der Waals surface area contributed by atoms with Crippen molar-refractivity contribution in [2.45, 2.75) is 6.92 Å². The van der Waals surface area contributed by atoms with E-state index in [1.165, 1.54) is 10.4 Å². The number of aryl methyl sites for hydroxylation is 1. The second-order valence-corrected chi connectivity index (χ2v) is 3.37. The molecule has 11 heavy (non-hydrogen) atoms. The van der Waals surface area contributed by atoms with E-state index in [1.807, 2.05) is 18.4 Å². The van der Waals surface area contributed by atoms with Crippen molar-refractivity contribution < 1.29 is 0 Å². The average Bonchev–Trinajstić information content (AvgIpc) is 2.55. The average molecular weight is 162 g/mol. The molecule has 0 atom stereocenters. The number of rotatable bonds is 1. The molecule has 1 aliphatic rings. The minimum atomic E-state index is 1.09. The quantitative estimate of drug-likeness (QED) is 0.602. The van der Waals surface area contributed by atoms with Crippen molar-refractivity contribution in [3.05, 3.63) is 40.2 Å². The molecule has 0 saturated heterocycles. The topological polar surface area (TPSA) is 14.1 Å². The van der Waals surface area contributed by atoms with Gasteiger partial charge < -0.3 is 0 Å². The monoisotopic (exact) mass is 162 g/mol. The van der Waals surface area contributed by atoms with Crippen molar-refractivity contribution >= 4 is 17.0 Å². The van der Waals surface area contributed by atoms with Gasteiger partial charge in [-0.25, -0.2) is 0 Å². The van der Waals surface area contributed by atoms with Crippen LogP contribution in [0.4, 0.5) is 0 Å². The Morgan fingerprint density at radius 1 is 1.45 bits per heavy atom. The summed E-state index contributed by atoms with van der Waals surface area (Å²) in [5.41, 5.74) is 2.41. The number of hydrogen-bond donors (Lipinski definition) is 0. The maximum absolute atomic E-state index is 4.23. The molecule has 0 unspecified atom stereocenters. The Bertz CT molecular complexity index is 320. The Morgan fingerprint density at radius 3 is 2.91 bits per heavy atom. The molecule has 0 saturated carbocycles. The highest BCUT2D eigenvalue weighted by Gasteiger charge is 2.07. The zero-order chi connectivity index (χ0) is 7.68. The van der Waals surface area contributed by atoms with Crippen molar-refractivity contribution in [1.82, 2.24) is 5.32 Å². The summed E-state index contributed by atoms with van der Waals surface area (Å²) in [5.74, 6) is 0. The molecule has 55 valence electrons. The van der Waals surface area contributed by atoms with Gasteiger partial charge in [0.15, 0.2) is 0 Å². The molecule has 0 fully saturated rings. The van der Waals surface area contributed by atoms with E-state index in [2.05, 4.69) is 23.7 Å². The number of nitrogens with zero attached hydrogens (tertiary/aromatic N) is 1. The molecule has 1 nitrogen and oxygen atoms in total. The molecule has 0 aromatic carbocycles. The van der Waals surface area contributed by atoms with Crippen LogP contribution in [0.2, 0.25) is 0 Å². The Kier molecular flexibility index (Phi) is 1.55. The standard InChI is InChI=1S/C9H8NS/c1-7-4-6-11-9(7)8-3-2-5-10-8/h2-6H,1H3. The fourth-order valence-electron chi connectivity index (χ4n) is 1.07. The Balaban J connectivity index is 2.37. The summed E-state index contributed by atoms with van der Waals surface area (Å²) in [6.07, 6.45) is 5.84. The van der Waals surface area contributed by atoms with Crippen molar-refractivity contribution in [3.8, 4) is 0 Å². The van der Waals surface area contributed by atoms with Gasteiger partial charge in [0.25, 0.3) is 0 Å². The largest absolute Gasteiger partial charge is 0.255 e. The third-order valence-electron chi connectivity index (χ3n) is 1.65. The SMILES string of the molecule is Cc1ccsc1C1=CC=C[N]1.